The highest BCUT2D eigenvalue weighted by Gasteiger charge is 2.13. The third kappa shape index (κ3) is 6.11. The maximum absolute atomic E-state index is 2.39. The van der Waals surface area contributed by atoms with Crippen LogP contribution >= 0.6 is 0 Å². The fraction of sp³-hybridized carbons (Fsp3) is 0.700. The largest absolute Gasteiger partial charge is 0.0654 e. The van der Waals surface area contributed by atoms with E-state index >= 15 is 0 Å². The highest BCUT2D eigenvalue weighted by Crippen LogP contribution is 2.30. The molecule has 1 aromatic carbocycles. The zero-order valence-electron chi connectivity index (χ0n) is 14.2. The molecule has 1 rings (SSSR count). The molecule has 0 bridgehead atoms. The summed E-state index contributed by atoms with van der Waals surface area (Å²) < 4.78 is 0. The van der Waals surface area contributed by atoms with Crippen LogP contribution in [0, 0.1) is 13.8 Å². The molecular weight excluding hydrogens is 240 g/mol. The first-order valence-corrected chi connectivity index (χ1v) is 8.76. The van der Waals surface area contributed by atoms with Gasteiger partial charge in [-0.2, -0.15) is 0 Å². The Morgan fingerprint density at radius 2 is 1.45 bits per heavy atom. The van der Waals surface area contributed by atoms with Gasteiger partial charge in [-0.25, -0.2) is 0 Å². The summed E-state index contributed by atoms with van der Waals surface area (Å²) in [5.41, 5.74) is 4.50. The van der Waals surface area contributed by atoms with Crippen molar-refractivity contribution in [3.05, 3.63) is 34.9 Å². The lowest BCUT2D eigenvalue weighted by molar-refractivity contribution is 0.503. The second-order valence-corrected chi connectivity index (χ2v) is 6.40. The molecule has 1 atom stereocenters. The summed E-state index contributed by atoms with van der Waals surface area (Å²) in [6.07, 6.45) is 12.4. The van der Waals surface area contributed by atoms with E-state index in [-0.39, 0.29) is 0 Å². The molecule has 0 amide bonds. The van der Waals surface area contributed by atoms with E-state index in [4.69, 9.17) is 0 Å². The average molecular weight is 274 g/mol. The van der Waals surface area contributed by atoms with Crippen LogP contribution in [-0.2, 0) is 0 Å². The molecule has 0 saturated carbocycles. The third-order valence-corrected chi connectivity index (χ3v) is 4.43. The predicted octanol–water partition coefficient (Wildman–Crippen LogP) is 6.94. The second kappa shape index (κ2) is 10.0. The van der Waals surface area contributed by atoms with Crippen molar-refractivity contribution in [2.45, 2.75) is 91.4 Å². The van der Waals surface area contributed by atoms with Crippen LogP contribution in [0.15, 0.2) is 18.2 Å². The standard InChI is InChI=1S/C20H34/c1-5-7-9-10-11-13-19(12-8-6-2)20-15-14-17(3)16-18(20)4/h14-16,19H,5-13H2,1-4H3. The predicted molar refractivity (Wildman–Crippen MR) is 91.6 cm³/mol. The summed E-state index contributed by atoms with van der Waals surface area (Å²) in [5, 5.41) is 0. The summed E-state index contributed by atoms with van der Waals surface area (Å²) in [7, 11) is 0. The molecular formula is C20H34. The van der Waals surface area contributed by atoms with Crippen LogP contribution in [0.2, 0.25) is 0 Å². The maximum Gasteiger partial charge on any atom is -0.0159 e. The SMILES string of the molecule is CCCCCCCC(CCCC)c1ccc(C)cc1C. The molecule has 0 spiro atoms. The molecule has 20 heavy (non-hydrogen) atoms. The van der Waals surface area contributed by atoms with E-state index in [1.165, 1.54) is 68.9 Å². The minimum atomic E-state index is 0.789. The van der Waals surface area contributed by atoms with Crippen molar-refractivity contribution >= 4 is 0 Å². The number of hydrogen-bond acceptors (Lipinski definition) is 0. The van der Waals surface area contributed by atoms with E-state index in [1.54, 1.807) is 5.56 Å². The van der Waals surface area contributed by atoms with E-state index in [0.29, 0.717) is 0 Å². The van der Waals surface area contributed by atoms with Gasteiger partial charge in [-0.3, -0.25) is 0 Å². The molecule has 1 unspecified atom stereocenters. The van der Waals surface area contributed by atoms with Crippen LogP contribution in [0.3, 0.4) is 0 Å². The fourth-order valence-corrected chi connectivity index (χ4v) is 3.18. The topological polar surface area (TPSA) is 0 Å². The number of hydrogen-bond donors (Lipinski definition) is 0. The van der Waals surface area contributed by atoms with E-state index in [9.17, 15) is 0 Å². The van der Waals surface area contributed by atoms with Gasteiger partial charge in [0.25, 0.3) is 0 Å². The number of aryl methyl sites for hydroxylation is 2. The van der Waals surface area contributed by atoms with Gasteiger partial charge in [0.15, 0.2) is 0 Å². The molecule has 0 aliphatic carbocycles. The van der Waals surface area contributed by atoms with E-state index in [0.717, 1.165) is 5.92 Å². The monoisotopic (exact) mass is 274 g/mol. The fourth-order valence-electron chi connectivity index (χ4n) is 3.18. The molecule has 1 aromatic rings. The first-order valence-electron chi connectivity index (χ1n) is 8.76. The van der Waals surface area contributed by atoms with Crippen LogP contribution in [0.4, 0.5) is 0 Å². The van der Waals surface area contributed by atoms with Gasteiger partial charge in [-0.15, -0.1) is 0 Å². The molecule has 0 aliphatic heterocycles. The Kier molecular flexibility index (Phi) is 8.65. The van der Waals surface area contributed by atoms with Crippen molar-refractivity contribution in [2.24, 2.45) is 0 Å². The normalized spacial score (nSPS) is 12.6. The molecule has 0 fully saturated rings. The zero-order chi connectivity index (χ0) is 14.8. The van der Waals surface area contributed by atoms with E-state index < -0.39 is 0 Å². The molecule has 0 nitrogen and oxygen atoms in total. The van der Waals surface area contributed by atoms with Gasteiger partial charge in [0.1, 0.15) is 0 Å². The number of benzene rings is 1. The van der Waals surface area contributed by atoms with Gasteiger partial charge in [-0.1, -0.05) is 82.6 Å². The number of rotatable bonds is 10. The van der Waals surface area contributed by atoms with Gasteiger partial charge in [0.2, 0.25) is 0 Å². The third-order valence-electron chi connectivity index (χ3n) is 4.43. The molecule has 0 saturated heterocycles. The van der Waals surface area contributed by atoms with Gasteiger partial charge in [-0.05, 0) is 43.7 Å². The summed E-state index contributed by atoms with van der Waals surface area (Å²) in [6, 6.07) is 7.03. The minimum Gasteiger partial charge on any atom is -0.0654 e. The minimum absolute atomic E-state index is 0.789. The Balaban J connectivity index is 2.58. The summed E-state index contributed by atoms with van der Waals surface area (Å²) in [4.78, 5) is 0. The van der Waals surface area contributed by atoms with Crippen molar-refractivity contribution in [3.63, 3.8) is 0 Å². The Morgan fingerprint density at radius 3 is 2.10 bits per heavy atom. The van der Waals surface area contributed by atoms with E-state index in [1.807, 2.05) is 0 Å². The van der Waals surface area contributed by atoms with Crippen LogP contribution in [-0.4, -0.2) is 0 Å². The van der Waals surface area contributed by atoms with Crippen molar-refractivity contribution in [3.8, 4) is 0 Å². The van der Waals surface area contributed by atoms with E-state index in [2.05, 4.69) is 45.9 Å². The van der Waals surface area contributed by atoms with Crippen molar-refractivity contribution in [1.82, 2.24) is 0 Å². The molecule has 0 heteroatoms. The maximum atomic E-state index is 2.39. The Bertz CT molecular complexity index is 364. The quantitative estimate of drug-likeness (QED) is 0.405. The highest BCUT2D eigenvalue weighted by atomic mass is 14.2. The Hall–Kier alpha value is -0.780. The van der Waals surface area contributed by atoms with Crippen LogP contribution < -0.4 is 0 Å². The van der Waals surface area contributed by atoms with Crippen molar-refractivity contribution in [2.75, 3.05) is 0 Å². The molecule has 0 radical (unpaired) electrons. The lowest BCUT2D eigenvalue weighted by Crippen LogP contribution is -2.02. The summed E-state index contributed by atoms with van der Waals surface area (Å²) >= 11 is 0. The van der Waals surface area contributed by atoms with Gasteiger partial charge < -0.3 is 0 Å². The smallest absolute Gasteiger partial charge is 0.0159 e. The molecule has 0 aromatic heterocycles. The number of unbranched alkanes of at least 4 members (excludes halogenated alkanes) is 5. The summed E-state index contributed by atoms with van der Waals surface area (Å²) in [5.74, 6) is 0.789. The first kappa shape index (κ1) is 17.3. The van der Waals surface area contributed by atoms with Gasteiger partial charge in [0.05, 0.1) is 0 Å². The second-order valence-electron chi connectivity index (χ2n) is 6.40. The van der Waals surface area contributed by atoms with Crippen LogP contribution in [0.25, 0.3) is 0 Å². The Labute approximate surface area is 127 Å². The van der Waals surface area contributed by atoms with Crippen LogP contribution in [0.1, 0.15) is 94.2 Å². The first-order chi connectivity index (χ1) is 9.69. The Morgan fingerprint density at radius 1 is 0.800 bits per heavy atom. The van der Waals surface area contributed by atoms with Gasteiger partial charge in [0, 0.05) is 0 Å². The average Bonchev–Trinajstić information content (AvgIpc) is 2.43. The lowest BCUT2D eigenvalue weighted by Gasteiger charge is -2.20. The van der Waals surface area contributed by atoms with Crippen molar-refractivity contribution < 1.29 is 0 Å². The zero-order valence-corrected chi connectivity index (χ0v) is 14.2. The van der Waals surface area contributed by atoms with Crippen molar-refractivity contribution in [1.29, 1.82) is 0 Å². The lowest BCUT2D eigenvalue weighted by atomic mass is 9.85. The summed E-state index contributed by atoms with van der Waals surface area (Å²) in [6.45, 7) is 9.08. The molecule has 114 valence electrons. The molecule has 0 N–H and O–H groups in total. The van der Waals surface area contributed by atoms with Crippen LogP contribution in [0.5, 0.6) is 0 Å². The highest BCUT2D eigenvalue weighted by molar-refractivity contribution is 5.33. The molecule has 0 heterocycles. The van der Waals surface area contributed by atoms with Gasteiger partial charge >= 0.3 is 0 Å². The molecule has 0 aliphatic rings.